The Morgan fingerprint density at radius 3 is 2.36 bits per heavy atom. The van der Waals surface area contributed by atoms with Gasteiger partial charge in [-0.2, -0.15) is 4.72 Å². The predicted molar refractivity (Wildman–Crippen MR) is 81.2 cm³/mol. The minimum Gasteiger partial charge on any atom is -0.352 e. The highest BCUT2D eigenvalue weighted by Gasteiger charge is 2.24. The lowest BCUT2D eigenvalue weighted by molar-refractivity contribution is -0.123. The third-order valence-electron chi connectivity index (χ3n) is 3.80. The van der Waals surface area contributed by atoms with Crippen LogP contribution in [-0.2, 0) is 14.8 Å². The highest BCUT2D eigenvalue weighted by molar-refractivity contribution is 7.89. The molecule has 7 heteroatoms. The SMILES string of the molecule is CC(NS(=O)(=O)c1ccc(F)cc1)C(=O)NC1CCCCC1. The predicted octanol–water partition coefficient (Wildman–Crippen LogP) is 1.94. The molecule has 2 rings (SSSR count). The molecule has 0 heterocycles. The first-order valence-electron chi connectivity index (χ1n) is 7.47. The summed E-state index contributed by atoms with van der Waals surface area (Å²) < 4.78 is 39.4. The molecule has 0 bridgehead atoms. The van der Waals surface area contributed by atoms with Crippen molar-refractivity contribution in [3.63, 3.8) is 0 Å². The van der Waals surface area contributed by atoms with Gasteiger partial charge in [0.15, 0.2) is 0 Å². The molecule has 0 aromatic heterocycles. The first kappa shape index (κ1) is 16.9. The van der Waals surface area contributed by atoms with Gasteiger partial charge in [0, 0.05) is 6.04 Å². The van der Waals surface area contributed by atoms with Crippen LogP contribution >= 0.6 is 0 Å². The molecule has 1 aromatic rings. The summed E-state index contributed by atoms with van der Waals surface area (Å²) in [4.78, 5) is 12.0. The van der Waals surface area contributed by atoms with Crippen molar-refractivity contribution in [3.8, 4) is 0 Å². The smallest absolute Gasteiger partial charge is 0.241 e. The number of carbonyl (C=O) groups excluding carboxylic acids is 1. The van der Waals surface area contributed by atoms with Crippen molar-refractivity contribution in [2.24, 2.45) is 0 Å². The van der Waals surface area contributed by atoms with E-state index in [1.165, 1.54) is 25.5 Å². The van der Waals surface area contributed by atoms with Crippen LogP contribution in [0.25, 0.3) is 0 Å². The maximum atomic E-state index is 12.8. The van der Waals surface area contributed by atoms with E-state index in [0.29, 0.717) is 0 Å². The number of nitrogens with one attached hydrogen (secondary N) is 2. The topological polar surface area (TPSA) is 75.3 Å². The van der Waals surface area contributed by atoms with Crippen LogP contribution in [-0.4, -0.2) is 26.4 Å². The Hall–Kier alpha value is -1.47. The molecular formula is C15H21FN2O3S. The highest BCUT2D eigenvalue weighted by atomic mass is 32.2. The minimum absolute atomic E-state index is 0.0637. The lowest BCUT2D eigenvalue weighted by Gasteiger charge is -2.24. The summed E-state index contributed by atoms with van der Waals surface area (Å²) in [6, 6.07) is 3.73. The number of carbonyl (C=O) groups is 1. The molecule has 0 saturated heterocycles. The van der Waals surface area contributed by atoms with Crippen LogP contribution in [0.1, 0.15) is 39.0 Å². The fourth-order valence-corrected chi connectivity index (χ4v) is 3.74. The molecular weight excluding hydrogens is 307 g/mol. The lowest BCUT2D eigenvalue weighted by Crippen LogP contribution is -2.48. The maximum Gasteiger partial charge on any atom is 0.241 e. The molecule has 5 nitrogen and oxygen atoms in total. The second kappa shape index (κ2) is 7.19. The number of hydrogen-bond donors (Lipinski definition) is 2. The van der Waals surface area contributed by atoms with Gasteiger partial charge < -0.3 is 5.32 Å². The molecule has 1 unspecified atom stereocenters. The van der Waals surface area contributed by atoms with E-state index in [1.54, 1.807) is 0 Å². The standard InChI is InChI=1S/C15H21FN2O3S/c1-11(15(19)17-13-5-3-2-4-6-13)18-22(20,21)14-9-7-12(16)8-10-14/h7-11,13,18H,2-6H2,1H3,(H,17,19). The summed E-state index contributed by atoms with van der Waals surface area (Å²) in [6.45, 7) is 1.50. The number of rotatable bonds is 5. The molecule has 1 aromatic carbocycles. The second-order valence-electron chi connectivity index (χ2n) is 5.64. The Balaban J connectivity index is 1.95. The lowest BCUT2D eigenvalue weighted by atomic mass is 9.95. The van der Waals surface area contributed by atoms with Crippen molar-refractivity contribution in [1.29, 1.82) is 0 Å². The molecule has 1 aliphatic rings. The van der Waals surface area contributed by atoms with Gasteiger partial charge in [0.25, 0.3) is 0 Å². The fraction of sp³-hybridized carbons (Fsp3) is 0.533. The van der Waals surface area contributed by atoms with Crippen molar-refractivity contribution in [2.75, 3.05) is 0 Å². The molecule has 2 N–H and O–H groups in total. The van der Waals surface area contributed by atoms with E-state index in [-0.39, 0.29) is 16.8 Å². The zero-order valence-corrected chi connectivity index (χ0v) is 13.3. The molecule has 0 radical (unpaired) electrons. The van der Waals surface area contributed by atoms with Gasteiger partial charge in [0.05, 0.1) is 10.9 Å². The molecule has 0 aliphatic heterocycles. The third-order valence-corrected chi connectivity index (χ3v) is 5.36. The molecule has 1 fully saturated rings. The number of halogens is 1. The monoisotopic (exact) mass is 328 g/mol. The summed E-state index contributed by atoms with van der Waals surface area (Å²) in [5.74, 6) is -0.848. The summed E-state index contributed by atoms with van der Waals surface area (Å²) in [7, 11) is -3.84. The zero-order chi connectivity index (χ0) is 16.2. The van der Waals surface area contributed by atoms with Crippen molar-refractivity contribution in [1.82, 2.24) is 10.0 Å². The Morgan fingerprint density at radius 2 is 1.77 bits per heavy atom. The Labute approximate surface area is 130 Å². The van der Waals surface area contributed by atoms with E-state index in [2.05, 4.69) is 10.0 Å². The largest absolute Gasteiger partial charge is 0.352 e. The van der Waals surface area contributed by atoms with Gasteiger partial charge in [0.2, 0.25) is 15.9 Å². The van der Waals surface area contributed by atoms with Gasteiger partial charge in [-0.15, -0.1) is 0 Å². The molecule has 1 atom stereocenters. The van der Waals surface area contributed by atoms with Gasteiger partial charge in [-0.3, -0.25) is 4.79 Å². The van der Waals surface area contributed by atoms with Gasteiger partial charge in [-0.05, 0) is 44.0 Å². The average Bonchev–Trinajstić information content (AvgIpc) is 2.48. The van der Waals surface area contributed by atoms with Crippen LogP contribution in [0, 0.1) is 5.82 Å². The van der Waals surface area contributed by atoms with Crippen LogP contribution in [0.2, 0.25) is 0 Å². The van der Waals surface area contributed by atoms with Crippen molar-refractivity contribution in [3.05, 3.63) is 30.1 Å². The normalized spacial score (nSPS) is 17.9. The number of benzene rings is 1. The van der Waals surface area contributed by atoms with Gasteiger partial charge in [-0.25, -0.2) is 12.8 Å². The maximum absolute atomic E-state index is 12.8. The Bertz CT molecular complexity index is 610. The van der Waals surface area contributed by atoms with Crippen LogP contribution in [0.4, 0.5) is 4.39 Å². The number of hydrogen-bond acceptors (Lipinski definition) is 3. The Kier molecular flexibility index (Phi) is 5.52. The number of amides is 1. The van der Waals surface area contributed by atoms with Crippen LogP contribution in [0.3, 0.4) is 0 Å². The first-order chi connectivity index (χ1) is 10.4. The van der Waals surface area contributed by atoms with Gasteiger partial charge in [0.1, 0.15) is 5.82 Å². The summed E-state index contributed by atoms with van der Waals surface area (Å²) in [6.07, 6.45) is 5.22. The molecule has 122 valence electrons. The first-order valence-corrected chi connectivity index (χ1v) is 8.95. The van der Waals surface area contributed by atoms with Crippen molar-refractivity contribution >= 4 is 15.9 Å². The van der Waals surface area contributed by atoms with E-state index in [9.17, 15) is 17.6 Å². The van der Waals surface area contributed by atoms with Crippen LogP contribution < -0.4 is 10.0 Å². The molecule has 22 heavy (non-hydrogen) atoms. The van der Waals surface area contributed by atoms with Gasteiger partial charge >= 0.3 is 0 Å². The van der Waals surface area contributed by atoms with Gasteiger partial charge in [-0.1, -0.05) is 19.3 Å². The fourth-order valence-electron chi connectivity index (χ4n) is 2.54. The summed E-state index contributed by atoms with van der Waals surface area (Å²) in [5, 5.41) is 2.88. The van der Waals surface area contributed by atoms with Crippen LogP contribution in [0.15, 0.2) is 29.2 Å². The average molecular weight is 328 g/mol. The van der Waals surface area contributed by atoms with E-state index < -0.39 is 21.9 Å². The Morgan fingerprint density at radius 1 is 1.18 bits per heavy atom. The molecule has 1 amide bonds. The third kappa shape index (κ3) is 4.51. The summed E-state index contributed by atoms with van der Waals surface area (Å²) in [5.41, 5.74) is 0. The van der Waals surface area contributed by atoms with E-state index in [4.69, 9.17) is 0 Å². The quantitative estimate of drug-likeness (QED) is 0.867. The summed E-state index contributed by atoms with van der Waals surface area (Å²) >= 11 is 0. The van der Waals surface area contributed by atoms with E-state index >= 15 is 0 Å². The molecule has 0 spiro atoms. The highest BCUT2D eigenvalue weighted by Crippen LogP contribution is 2.17. The van der Waals surface area contributed by atoms with E-state index in [0.717, 1.165) is 37.8 Å². The zero-order valence-electron chi connectivity index (χ0n) is 12.5. The van der Waals surface area contributed by atoms with E-state index in [1.807, 2.05) is 0 Å². The second-order valence-corrected chi connectivity index (χ2v) is 7.35. The molecule has 1 saturated carbocycles. The number of sulfonamides is 1. The van der Waals surface area contributed by atoms with Crippen molar-refractivity contribution < 1.29 is 17.6 Å². The van der Waals surface area contributed by atoms with Crippen LogP contribution in [0.5, 0.6) is 0 Å². The van der Waals surface area contributed by atoms with Crippen molar-refractivity contribution in [2.45, 2.75) is 56.0 Å². The molecule has 1 aliphatic carbocycles. The minimum atomic E-state index is -3.84.